The fourth-order valence-electron chi connectivity index (χ4n) is 2.55. The zero-order chi connectivity index (χ0) is 14.3. The Morgan fingerprint density at radius 3 is 2.26 bits per heavy atom. The summed E-state index contributed by atoms with van der Waals surface area (Å²) >= 11 is 0. The van der Waals surface area contributed by atoms with Gasteiger partial charge in [-0.1, -0.05) is 13.8 Å². The molecule has 2 heterocycles. The van der Waals surface area contributed by atoms with Crippen molar-refractivity contribution in [2.75, 3.05) is 18.8 Å². The van der Waals surface area contributed by atoms with Crippen molar-refractivity contribution in [1.29, 1.82) is 0 Å². The summed E-state index contributed by atoms with van der Waals surface area (Å²) in [5, 5.41) is 4.82. The van der Waals surface area contributed by atoms with Crippen LogP contribution in [0.4, 0.5) is 4.79 Å². The van der Waals surface area contributed by atoms with Gasteiger partial charge < -0.3 is 5.32 Å². The Labute approximate surface area is 112 Å². The monoisotopic (exact) mass is 289 g/mol. The molecule has 7 nitrogen and oxygen atoms in total. The predicted molar refractivity (Wildman–Crippen MR) is 68.8 cm³/mol. The Hall–Kier alpha value is -1.15. The first-order valence-electron chi connectivity index (χ1n) is 6.37. The van der Waals surface area contributed by atoms with Gasteiger partial charge in [0.25, 0.3) is 5.91 Å². The summed E-state index contributed by atoms with van der Waals surface area (Å²) < 4.78 is 25.6. The molecule has 0 aromatic heterocycles. The van der Waals surface area contributed by atoms with Gasteiger partial charge in [0.05, 0.1) is 5.75 Å². The van der Waals surface area contributed by atoms with Crippen LogP contribution in [0, 0.1) is 5.92 Å². The number of nitrogens with one attached hydrogen (secondary N) is 2. The van der Waals surface area contributed by atoms with Crippen LogP contribution < -0.4 is 10.6 Å². The number of piperidine rings is 1. The molecule has 0 aromatic carbocycles. The van der Waals surface area contributed by atoms with Gasteiger partial charge in [0.15, 0.2) is 0 Å². The van der Waals surface area contributed by atoms with Gasteiger partial charge in [0.2, 0.25) is 10.0 Å². The van der Waals surface area contributed by atoms with Crippen LogP contribution in [0.3, 0.4) is 0 Å². The number of urea groups is 1. The molecule has 3 amide bonds. The van der Waals surface area contributed by atoms with E-state index < -0.39 is 21.6 Å². The lowest BCUT2D eigenvalue weighted by molar-refractivity contribution is -0.125. The molecule has 0 unspecified atom stereocenters. The maximum absolute atomic E-state index is 12.1. The normalized spacial score (nSPS) is 23.7. The average molecular weight is 289 g/mol. The SMILES string of the molecule is CC(C)CS(=O)(=O)N1CCC2(CC1)NC(=O)NC2=O. The largest absolute Gasteiger partial charge is 0.323 e. The van der Waals surface area contributed by atoms with Gasteiger partial charge in [-0.15, -0.1) is 0 Å². The summed E-state index contributed by atoms with van der Waals surface area (Å²) in [6, 6.07) is -0.497. The summed E-state index contributed by atoms with van der Waals surface area (Å²) in [5.74, 6) is -0.174. The fraction of sp³-hybridized carbons (Fsp3) is 0.818. The van der Waals surface area contributed by atoms with Crippen molar-refractivity contribution in [1.82, 2.24) is 14.9 Å². The average Bonchev–Trinajstić information content (AvgIpc) is 2.52. The van der Waals surface area contributed by atoms with Gasteiger partial charge in [-0.05, 0) is 18.8 Å². The zero-order valence-electron chi connectivity index (χ0n) is 11.1. The highest BCUT2D eigenvalue weighted by atomic mass is 32.2. The third-order valence-corrected chi connectivity index (χ3v) is 5.77. The van der Waals surface area contributed by atoms with E-state index in [-0.39, 0.29) is 30.7 Å². The molecule has 1 spiro atoms. The lowest BCUT2D eigenvalue weighted by Crippen LogP contribution is -2.56. The Morgan fingerprint density at radius 1 is 1.26 bits per heavy atom. The minimum Gasteiger partial charge on any atom is -0.323 e. The molecule has 19 heavy (non-hydrogen) atoms. The number of rotatable bonds is 3. The molecule has 2 rings (SSSR count). The van der Waals surface area contributed by atoms with E-state index in [0.717, 1.165) is 0 Å². The number of amides is 3. The van der Waals surface area contributed by atoms with E-state index in [0.29, 0.717) is 12.8 Å². The van der Waals surface area contributed by atoms with Crippen molar-refractivity contribution in [3.05, 3.63) is 0 Å². The number of imide groups is 1. The molecular weight excluding hydrogens is 270 g/mol. The molecule has 2 saturated heterocycles. The first kappa shape index (κ1) is 14.3. The molecule has 8 heteroatoms. The smallest absolute Gasteiger partial charge is 0.322 e. The number of nitrogens with zero attached hydrogens (tertiary/aromatic N) is 1. The fourth-order valence-corrected chi connectivity index (χ4v) is 4.35. The number of carbonyl (C=O) groups excluding carboxylic acids is 2. The van der Waals surface area contributed by atoms with Gasteiger partial charge in [-0.3, -0.25) is 10.1 Å². The van der Waals surface area contributed by atoms with E-state index >= 15 is 0 Å². The lowest BCUT2D eigenvalue weighted by atomic mass is 9.89. The predicted octanol–water partition coefficient (Wildman–Crippen LogP) is -0.354. The van der Waals surface area contributed by atoms with E-state index in [1.165, 1.54) is 4.31 Å². The van der Waals surface area contributed by atoms with Gasteiger partial charge >= 0.3 is 6.03 Å². The second-order valence-electron chi connectivity index (χ2n) is 5.56. The third-order valence-electron chi connectivity index (χ3n) is 3.53. The van der Waals surface area contributed by atoms with Gasteiger partial charge in [0.1, 0.15) is 5.54 Å². The van der Waals surface area contributed by atoms with Crippen molar-refractivity contribution >= 4 is 22.0 Å². The number of carbonyl (C=O) groups is 2. The van der Waals surface area contributed by atoms with E-state index in [1.54, 1.807) is 0 Å². The van der Waals surface area contributed by atoms with E-state index in [9.17, 15) is 18.0 Å². The maximum atomic E-state index is 12.1. The molecule has 0 atom stereocenters. The van der Waals surface area contributed by atoms with Gasteiger partial charge in [0, 0.05) is 13.1 Å². The Bertz CT molecular complexity index is 492. The van der Waals surface area contributed by atoms with Crippen LogP contribution in [0.2, 0.25) is 0 Å². The van der Waals surface area contributed by atoms with Crippen molar-refractivity contribution in [2.24, 2.45) is 5.92 Å². The van der Waals surface area contributed by atoms with Crippen molar-refractivity contribution in [3.8, 4) is 0 Å². The van der Waals surface area contributed by atoms with Crippen LogP contribution in [0.1, 0.15) is 26.7 Å². The molecule has 0 radical (unpaired) electrons. The third kappa shape index (κ3) is 2.74. The summed E-state index contributed by atoms with van der Waals surface area (Å²) in [6.45, 7) is 4.24. The van der Waals surface area contributed by atoms with Crippen molar-refractivity contribution in [2.45, 2.75) is 32.2 Å². The standard InChI is InChI=1S/C11H19N3O4S/c1-8(2)7-19(17,18)14-5-3-11(4-6-14)9(15)12-10(16)13-11/h8H,3-7H2,1-2H3,(H2,12,13,15,16). The number of hydrogen-bond acceptors (Lipinski definition) is 4. The Balaban J connectivity index is 2.04. The molecule has 2 aliphatic rings. The van der Waals surface area contributed by atoms with E-state index in [2.05, 4.69) is 10.6 Å². The van der Waals surface area contributed by atoms with Crippen LogP contribution >= 0.6 is 0 Å². The topological polar surface area (TPSA) is 95.6 Å². The number of hydrogen-bond donors (Lipinski definition) is 2. The Kier molecular flexibility index (Phi) is 3.57. The summed E-state index contributed by atoms with van der Waals surface area (Å²) in [6.07, 6.45) is 0.643. The van der Waals surface area contributed by atoms with Gasteiger partial charge in [-0.2, -0.15) is 0 Å². The first-order valence-corrected chi connectivity index (χ1v) is 7.97. The second kappa shape index (κ2) is 4.75. The summed E-state index contributed by atoms with van der Waals surface area (Å²) in [4.78, 5) is 22.9. The van der Waals surface area contributed by atoms with Crippen LogP contribution in [-0.4, -0.2) is 49.0 Å². The highest BCUT2D eigenvalue weighted by molar-refractivity contribution is 7.89. The number of sulfonamides is 1. The quantitative estimate of drug-likeness (QED) is 0.694. The van der Waals surface area contributed by atoms with E-state index in [4.69, 9.17) is 0 Å². The highest BCUT2D eigenvalue weighted by Crippen LogP contribution is 2.27. The highest BCUT2D eigenvalue weighted by Gasteiger charge is 2.49. The van der Waals surface area contributed by atoms with Crippen LogP contribution in [0.15, 0.2) is 0 Å². The molecule has 2 fully saturated rings. The summed E-state index contributed by atoms with van der Waals surface area (Å²) in [5.41, 5.74) is -0.916. The van der Waals surface area contributed by atoms with Crippen molar-refractivity contribution in [3.63, 3.8) is 0 Å². The Morgan fingerprint density at radius 2 is 1.84 bits per heavy atom. The van der Waals surface area contributed by atoms with Crippen molar-refractivity contribution < 1.29 is 18.0 Å². The molecule has 0 aliphatic carbocycles. The van der Waals surface area contributed by atoms with Crippen LogP contribution in [-0.2, 0) is 14.8 Å². The molecule has 0 saturated carbocycles. The molecular formula is C11H19N3O4S. The minimum absolute atomic E-state index is 0.0652. The first-order chi connectivity index (χ1) is 8.75. The van der Waals surface area contributed by atoms with E-state index in [1.807, 2.05) is 13.8 Å². The molecule has 2 aliphatic heterocycles. The van der Waals surface area contributed by atoms with Crippen LogP contribution in [0.25, 0.3) is 0 Å². The van der Waals surface area contributed by atoms with Gasteiger partial charge in [-0.25, -0.2) is 17.5 Å². The molecule has 0 aromatic rings. The maximum Gasteiger partial charge on any atom is 0.322 e. The second-order valence-corrected chi connectivity index (χ2v) is 7.58. The van der Waals surface area contributed by atoms with Crippen LogP contribution in [0.5, 0.6) is 0 Å². The lowest BCUT2D eigenvalue weighted by Gasteiger charge is -2.36. The zero-order valence-corrected chi connectivity index (χ0v) is 11.9. The molecule has 108 valence electrons. The molecule has 0 bridgehead atoms. The molecule has 2 N–H and O–H groups in total. The summed E-state index contributed by atoms with van der Waals surface area (Å²) in [7, 11) is -3.27. The minimum atomic E-state index is -3.27.